The molecule has 1 amide bonds. The van der Waals surface area contributed by atoms with E-state index in [0.29, 0.717) is 25.2 Å². The van der Waals surface area contributed by atoms with Gasteiger partial charge in [-0.05, 0) is 31.9 Å². The monoisotopic (exact) mass is 322 g/mol. The van der Waals surface area contributed by atoms with Crippen LogP contribution in [0.1, 0.15) is 53.4 Å². The van der Waals surface area contributed by atoms with Crippen molar-refractivity contribution in [1.29, 1.82) is 0 Å². The first-order valence-corrected chi connectivity index (χ1v) is 8.32. The smallest absolute Gasteiger partial charge is 0.410 e. The van der Waals surface area contributed by atoms with Crippen molar-refractivity contribution in [3.63, 3.8) is 0 Å². The maximum Gasteiger partial charge on any atom is 0.410 e. The fourth-order valence-corrected chi connectivity index (χ4v) is 2.70. The van der Waals surface area contributed by atoms with Crippen LogP contribution < -0.4 is 10.4 Å². The molecule has 6 nitrogen and oxygen atoms in total. The van der Waals surface area contributed by atoms with E-state index in [-0.39, 0.29) is 12.2 Å². The highest BCUT2D eigenvalue weighted by atomic mass is 16.6. The number of carbonyl (C=O) groups excluding carboxylic acids is 1. The van der Waals surface area contributed by atoms with Gasteiger partial charge in [0.25, 0.3) is 6.21 Å². The van der Waals surface area contributed by atoms with Crippen LogP contribution in [0.25, 0.3) is 0 Å². The van der Waals surface area contributed by atoms with Crippen molar-refractivity contribution >= 4 is 18.2 Å². The first-order chi connectivity index (χ1) is 10.8. The van der Waals surface area contributed by atoms with E-state index in [1.807, 2.05) is 20.8 Å². The third-order valence-electron chi connectivity index (χ3n) is 4.01. The lowest BCUT2D eigenvalue weighted by molar-refractivity contribution is -0.129. The van der Waals surface area contributed by atoms with E-state index in [9.17, 15) is 4.79 Å². The molecular formula is C17H28N3O3+. The van der Waals surface area contributed by atoms with E-state index in [4.69, 9.17) is 15.2 Å². The fraction of sp³-hybridized carbons (Fsp3) is 0.765. The van der Waals surface area contributed by atoms with Crippen molar-refractivity contribution in [1.82, 2.24) is 9.57 Å². The Balaban J connectivity index is 1.92. The summed E-state index contributed by atoms with van der Waals surface area (Å²) in [6, 6.07) is 0. The van der Waals surface area contributed by atoms with Crippen LogP contribution >= 0.6 is 0 Å². The predicted molar refractivity (Wildman–Crippen MR) is 90.5 cm³/mol. The van der Waals surface area contributed by atoms with Gasteiger partial charge < -0.3 is 20.1 Å². The van der Waals surface area contributed by atoms with Gasteiger partial charge in [0.15, 0.2) is 5.70 Å². The summed E-state index contributed by atoms with van der Waals surface area (Å²) in [5.41, 5.74) is 5.68. The zero-order valence-electron chi connectivity index (χ0n) is 14.6. The van der Waals surface area contributed by atoms with E-state index in [2.05, 4.69) is 17.5 Å². The Labute approximate surface area is 138 Å². The highest BCUT2D eigenvalue weighted by Crippen LogP contribution is 2.32. The second-order valence-corrected chi connectivity index (χ2v) is 7.26. The second kappa shape index (κ2) is 6.79. The quantitative estimate of drug-likeness (QED) is 0.780. The molecule has 0 aromatic carbocycles. The molecule has 0 aliphatic carbocycles. The van der Waals surface area contributed by atoms with Gasteiger partial charge in [0.2, 0.25) is 0 Å². The lowest BCUT2D eigenvalue weighted by Gasteiger charge is -2.44. The van der Waals surface area contributed by atoms with Crippen LogP contribution in [0.3, 0.4) is 0 Å². The topological polar surface area (TPSA) is 78.9 Å². The third-order valence-corrected chi connectivity index (χ3v) is 4.01. The van der Waals surface area contributed by atoms with E-state index >= 15 is 0 Å². The maximum atomic E-state index is 12.0. The van der Waals surface area contributed by atoms with Crippen LogP contribution in [0.2, 0.25) is 0 Å². The molecule has 1 saturated heterocycles. The normalized spacial score (nSPS) is 24.3. The summed E-state index contributed by atoms with van der Waals surface area (Å²) in [5.74, 6) is 2.83. The van der Waals surface area contributed by atoms with Gasteiger partial charge in [0.1, 0.15) is 11.2 Å². The van der Waals surface area contributed by atoms with Gasteiger partial charge in [-0.3, -0.25) is 0 Å². The van der Waals surface area contributed by atoms with Crippen LogP contribution in [0.5, 0.6) is 0 Å². The molecule has 2 aliphatic rings. The van der Waals surface area contributed by atoms with Crippen molar-refractivity contribution in [2.75, 3.05) is 13.1 Å². The molecule has 2 aliphatic heterocycles. The Kier molecular flexibility index (Phi) is 5.20. The summed E-state index contributed by atoms with van der Waals surface area (Å²) in [6.45, 7) is 8.80. The molecule has 23 heavy (non-hydrogen) atoms. The fourth-order valence-electron chi connectivity index (χ4n) is 2.70. The zero-order chi connectivity index (χ0) is 17.1. The molecule has 2 rings (SSSR count). The Morgan fingerprint density at radius 2 is 2.22 bits per heavy atom. The molecule has 1 unspecified atom stereocenters. The molecule has 0 aromatic heterocycles. The first kappa shape index (κ1) is 17.6. The minimum atomic E-state index is -0.525. The zero-order valence-corrected chi connectivity index (χ0v) is 14.6. The average Bonchev–Trinajstić information content (AvgIpc) is 2.41. The van der Waals surface area contributed by atoms with E-state index < -0.39 is 11.2 Å². The Bertz CT molecular complexity index is 548. The summed E-state index contributed by atoms with van der Waals surface area (Å²) in [7, 11) is 0. The number of nitrogens with two attached hydrogens (primary N) is 1. The average molecular weight is 322 g/mol. The summed E-state index contributed by atoms with van der Waals surface area (Å²) in [5, 5.41) is 0. The van der Waals surface area contributed by atoms with E-state index in [1.54, 1.807) is 11.1 Å². The van der Waals surface area contributed by atoms with Gasteiger partial charge in [-0.1, -0.05) is 19.8 Å². The molecule has 0 saturated carbocycles. The van der Waals surface area contributed by atoms with Crippen molar-refractivity contribution in [3.8, 4) is 0 Å². The van der Waals surface area contributed by atoms with Crippen molar-refractivity contribution in [2.45, 2.75) is 70.7 Å². The second-order valence-electron chi connectivity index (χ2n) is 7.26. The summed E-state index contributed by atoms with van der Waals surface area (Å²) in [6.07, 6.45) is 5.09. The third kappa shape index (κ3) is 4.38. The number of amides is 1. The van der Waals surface area contributed by atoms with Gasteiger partial charge >= 0.3 is 12.0 Å². The SMILES string of the molecule is CCCCC1(OC2CN(C(=O)OC(C)(C)C)C2)CC=[N+]=C=C1N. The molecule has 6 heteroatoms. The highest BCUT2D eigenvalue weighted by Gasteiger charge is 2.44. The number of unbranched alkanes of at least 4 members (excludes halogenated alkanes) is 1. The van der Waals surface area contributed by atoms with Crippen LogP contribution in [-0.4, -0.2) is 53.5 Å². The molecule has 2 heterocycles. The van der Waals surface area contributed by atoms with Gasteiger partial charge in [-0.25, -0.2) is 4.79 Å². The number of hydrogen-bond donors (Lipinski definition) is 1. The van der Waals surface area contributed by atoms with Gasteiger partial charge in [0.05, 0.1) is 25.6 Å². The summed E-state index contributed by atoms with van der Waals surface area (Å²) < 4.78 is 15.6. The van der Waals surface area contributed by atoms with Crippen LogP contribution in [0.15, 0.2) is 5.70 Å². The van der Waals surface area contributed by atoms with Crippen LogP contribution in [0, 0.1) is 0 Å². The Morgan fingerprint density at radius 1 is 1.52 bits per heavy atom. The lowest BCUT2D eigenvalue weighted by Crippen LogP contribution is -2.59. The maximum absolute atomic E-state index is 12.0. The molecule has 0 radical (unpaired) electrons. The molecule has 0 spiro atoms. The number of likely N-dealkylation sites (tertiary alicyclic amines) is 1. The van der Waals surface area contributed by atoms with Gasteiger partial charge in [-0.15, -0.1) is 0 Å². The molecule has 0 bridgehead atoms. The van der Waals surface area contributed by atoms with Crippen LogP contribution in [0.4, 0.5) is 4.79 Å². The highest BCUT2D eigenvalue weighted by molar-refractivity contribution is 5.73. The number of carbonyl (C=O) groups is 1. The number of rotatable bonds is 5. The first-order valence-electron chi connectivity index (χ1n) is 8.32. The molecule has 2 N–H and O–H groups in total. The Morgan fingerprint density at radius 3 is 2.78 bits per heavy atom. The van der Waals surface area contributed by atoms with E-state index in [1.165, 1.54) is 0 Å². The van der Waals surface area contributed by atoms with Crippen molar-refractivity contribution < 1.29 is 14.3 Å². The number of ether oxygens (including phenoxy) is 2. The van der Waals surface area contributed by atoms with Gasteiger partial charge in [0, 0.05) is 0 Å². The predicted octanol–water partition coefficient (Wildman–Crippen LogP) is 1.61. The number of hydrogen-bond acceptors (Lipinski definition) is 4. The van der Waals surface area contributed by atoms with Crippen molar-refractivity contribution in [3.05, 3.63) is 5.70 Å². The molecule has 1 atom stereocenters. The van der Waals surface area contributed by atoms with Crippen molar-refractivity contribution in [2.24, 2.45) is 5.73 Å². The largest absolute Gasteiger partial charge is 0.444 e. The summed E-state index contributed by atoms with van der Waals surface area (Å²) >= 11 is 0. The molecule has 1 fully saturated rings. The minimum Gasteiger partial charge on any atom is -0.444 e. The molecular weight excluding hydrogens is 294 g/mol. The molecule has 128 valence electrons. The molecule has 0 aromatic rings. The summed E-state index contributed by atoms with van der Waals surface area (Å²) in [4.78, 5) is 13.6. The Hall–Kier alpha value is -1.74. The van der Waals surface area contributed by atoms with Crippen LogP contribution in [-0.2, 0) is 9.47 Å². The number of nitrogens with zero attached hydrogens (tertiary/aromatic N) is 2. The lowest BCUT2D eigenvalue weighted by atomic mass is 9.89. The van der Waals surface area contributed by atoms with E-state index in [0.717, 1.165) is 19.3 Å². The minimum absolute atomic E-state index is 0.0220. The standard InChI is InChI=1S/C17H28N3O3/c1-5-6-7-17(8-9-19-10-14(17)18)22-13-11-20(12-13)15(21)23-16(2,3)4/h9,13H,5-8,11-12,18H2,1-4H3/q+1. The van der Waals surface area contributed by atoms with Gasteiger partial charge in [-0.2, -0.15) is 0 Å².